The van der Waals surface area contributed by atoms with Gasteiger partial charge in [-0.15, -0.1) is 0 Å². The molecule has 0 unspecified atom stereocenters. The summed E-state index contributed by atoms with van der Waals surface area (Å²) in [7, 11) is 4.50. The summed E-state index contributed by atoms with van der Waals surface area (Å²) in [6.45, 7) is -0.285. The Bertz CT molecular complexity index is 1250. The maximum atomic E-state index is 12.1. The number of ether oxygens (including phenoxy) is 4. The van der Waals surface area contributed by atoms with Gasteiger partial charge in [-0.25, -0.2) is 0 Å². The Morgan fingerprint density at radius 1 is 0.861 bits per heavy atom. The molecular weight excluding hydrogens is 462 g/mol. The van der Waals surface area contributed by atoms with E-state index in [0.29, 0.717) is 34.1 Å². The van der Waals surface area contributed by atoms with E-state index in [2.05, 4.69) is 16.9 Å². The fourth-order valence-electron chi connectivity index (χ4n) is 3.21. The molecule has 0 saturated heterocycles. The molecule has 0 fully saturated rings. The van der Waals surface area contributed by atoms with Gasteiger partial charge in [0.2, 0.25) is 5.75 Å². The van der Waals surface area contributed by atoms with Crippen LogP contribution in [0, 0.1) is 11.3 Å². The standard InChI is InChI=1S/C27H25N3O6/c1-33-23-14-19(15-24(34-2)27(23)35-3)6-13-25(31)29-30-26(32)17-36-22-11-9-21(10-12-22)20-7-4-18(16-28)5-8-20/h4-15H,17H2,1-3H3,(H,29,31)(H,30,32)/b13-6+. The molecule has 2 amide bonds. The summed E-state index contributed by atoms with van der Waals surface area (Å²) in [6, 6.07) is 19.8. The van der Waals surface area contributed by atoms with Gasteiger partial charge < -0.3 is 18.9 Å². The smallest absolute Gasteiger partial charge is 0.276 e. The van der Waals surface area contributed by atoms with Crippen LogP contribution in [0.15, 0.2) is 66.7 Å². The Morgan fingerprint density at radius 3 is 1.97 bits per heavy atom. The number of methoxy groups -OCH3 is 3. The lowest BCUT2D eigenvalue weighted by Gasteiger charge is -2.12. The molecule has 0 aliphatic heterocycles. The Kier molecular flexibility index (Phi) is 8.89. The van der Waals surface area contributed by atoms with Gasteiger partial charge in [-0.3, -0.25) is 20.4 Å². The first-order chi connectivity index (χ1) is 17.5. The van der Waals surface area contributed by atoms with E-state index in [1.807, 2.05) is 24.3 Å². The number of amides is 2. The van der Waals surface area contributed by atoms with Crippen LogP contribution in [0.4, 0.5) is 0 Å². The predicted octanol–water partition coefficient (Wildman–Crippen LogP) is 3.49. The van der Waals surface area contributed by atoms with Crippen molar-refractivity contribution in [3.8, 4) is 40.2 Å². The van der Waals surface area contributed by atoms with Crippen LogP contribution in [0.5, 0.6) is 23.0 Å². The molecule has 184 valence electrons. The molecule has 9 nitrogen and oxygen atoms in total. The van der Waals surface area contributed by atoms with Gasteiger partial charge >= 0.3 is 0 Å². The molecule has 0 spiro atoms. The van der Waals surface area contributed by atoms with E-state index < -0.39 is 11.8 Å². The summed E-state index contributed by atoms with van der Waals surface area (Å²) < 4.78 is 21.3. The molecule has 3 aromatic carbocycles. The fraction of sp³-hybridized carbons (Fsp3) is 0.148. The van der Waals surface area contributed by atoms with E-state index in [1.165, 1.54) is 33.5 Å². The number of rotatable bonds is 9. The van der Waals surface area contributed by atoms with Gasteiger partial charge in [-0.05, 0) is 59.2 Å². The number of hydrogen-bond donors (Lipinski definition) is 2. The van der Waals surface area contributed by atoms with Crippen molar-refractivity contribution in [2.45, 2.75) is 0 Å². The number of carbonyl (C=O) groups is 2. The number of nitrogens with one attached hydrogen (secondary N) is 2. The van der Waals surface area contributed by atoms with Crippen molar-refractivity contribution in [3.63, 3.8) is 0 Å². The minimum atomic E-state index is -0.538. The Balaban J connectivity index is 1.48. The number of hydrazine groups is 1. The van der Waals surface area contributed by atoms with Gasteiger partial charge in [0, 0.05) is 6.08 Å². The highest BCUT2D eigenvalue weighted by Gasteiger charge is 2.12. The molecule has 0 atom stereocenters. The van der Waals surface area contributed by atoms with Crippen LogP contribution in [0.1, 0.15) is 11.1 Å². The van der Waals surface area contributed by atoms with Crippen molar-refractivity contribution >= 4 is 17.9 Å². The summed E-state index contributed by atoms with van der Waals surface area (Å²) in [4.78, 5) is 24.1. The zero-order chi connectivity index (χ0) is 25.9. The molecule has 0 aromatic heterocycles. The number of carbonyl (C=O) groups excluding carboxylic acids is 2. The summed E-state index contributed by atoms with van der Waals surface area (Å²) in [5.74, 6) is 0.776. The summed E-state index contributed by atoms with van der Waals surface area (Å²) in [6.07, 6.45) is 2.79. The Morgan fingerprint density at radius 2 is 1.44 bits per heavy atom. The van der Waals surface area contributed by atoms with E-state index in [-0.39, 0.29) is 6.61 Å². The number of hydrogen-bond acceptors (Lipinski definition) is 7. The first-order valence-electron chi connectivity index (χ1n) is 10.8. The van der Waals surface area contributed by atoms with Crippen molar-refractivity contribution in [2.75, 3.05) is 27.9 Å². The molecule has 9 heteroatoms. The molecule has 36 heavy (non-hydrogen) atoms. The van der Waals surface area contributed by atoms with Crippen molar-refractivity contribution in [1.29, 1.82) is 5.26 Å². The van der Waals surface area contributed by atoms with Crippen LogP contribution >= 0.6 is 0 Å². The quantitative estimate of drug-likeness (QED) is 0.350. The maximum absolute atomic E-state index is 12.1. The first kappa shape index (κ1) is 25.6. The Labute approximate surface area is 208 Å². The van der Waals surface area contributed by atoms with Gasteiger partial charge in [-0.1, -0.05) is 24.3 Å². The maximum Gasteiger partial charge on any atom is 0.276 e. The Hall–Kier alpha value is -4.97. The lowest BCUT2D eigenvalue weighted by molar-refractivity contribution is -0.128. The monoisotopic (exact) mass is 487 g/mol. The first-order valence-corrected chi connectivity index (χ1v) is 10.8. The third kappa shape index (κ3) is 6.77. The third-order valence-electron chi connectivity index (χ3n) is 5.01. The van der Waals surface area contributed by atoms with Crippen LogP contribution in [0.3, 0.4) is 0 Å². The molecule has 0 aliphatic carbocycles. The molecule has 3 rings (SSSR count). The van der Waals surface area contributed by atoms with Crippen LogP contribution in [-0.2, 0) is 9.59 Å². The minimum Gasteiger partial charge on any atom is -0.493 e. The highest BCUT2D eigenvalue weighted by atomic mass is 16.5. The number of nitrogens with zero attached hydrogens (tertiary/aromatic N) is 1. The predicted molar refractivity (Wildman–Crippen MR) is 134 cm³/mol. The summed E-state index contributed by atoms with van der Waals surface area (Å²) >= 11 is 0. The normalized spacial score (nSPS) is 10.3. The van der Waals surface area contributed by atoms with E-state index >= 15 is 0 Å². The van der Waals surface area contributed by atoms with Crippen molar-refractivity contribution in [3.05, 3.63) is 77.9 Å². The molecule has 0 bridgehead atoms. The number of nitriles is 1. The van der Waals surface area contributed by atoms with Crippen LogP contribution < -0.4 is 29.8 Å². The lowest BCUT2D eigenvalue weighted by atomic mass is 10.0. The summed E-state index contributed by atoms with van der Waals surface area (Å²) in [5, 5.41) is 8.90. The van der Waals surface area contributed by atoms with Gasteiger partial charge in [-0.2, -0.15) is 5.26 Å². The average Bonchev–Trinajstić information content (AvgIpc) is 2.93. The van der Waals surface area contributed by atoms with Crippen molar-refractivity contribution in [1.82, 2.24) is 10.9 Å². The minimum absolute atomic E-state index is 0.285. The largest absolute Gasteiger partial charge is 0.493 e. The molecular formula is C27H25N3O6. The third-order valence-corrected chi connectivity index (χ3v) is 5.01. The second kappa shape index (κ2) is 12.5. The second-order valence-corrected chi connectivity index (χ2v) is 7.33. The second-order valence-electron chi connectivity index (χ2n) is 7.33. The molecule has 0 saturated carbocycles. The van der Waals surface area contributed by atoms with Crippen LogP contribution in [0.25, 0.3) is 17.2 Å². The molecule has 2 N–H and O–H groups in total. The van der Waals surface area contributed by atoms with E-state index in [1.54, 1.807) is 36.4 Å². The van der Waals surface area contributed by atoms with Crippen LogP contribution in [0.2, 0.25) is 0 Å². The lowest BCUT2D eigenvalue weighted by Crippen LogP contribution is -2.43. The van der Waals surface area contributed by atoms with Gasteiger partial charge in [0.1, 0.15) is 5.75 Å². The highest BCUT2D eigenvalue weighted by molar-refractivity contribution is 5.93. The van der Waals surface area contributed by atoms with Crippen LogP contribution in [-0.4, -0.2) is 39.8 Å². The van der Waals surface area contributed by atoms with Gasteiger partial charge in [0.05, 0.1) is 33.0 Å². The molecule has 3 aromatic rings. The fourth-order valence-corrected chi connectivity index (χ4v) is 3.21. The van der Waals surface area contributed by atoms with E-state index in [9.17, 15) is 9.59 Å². The van der Waals surface area contributed by atoms with Crippen molar-refractivity contribution in [2.24, 2.45) is 0 Å². The molecule has 0 radical (unpaired) electrons. The van der Waals surface area contributed by atoms with E-state index in [0.717, 1.165) is 11.1 Å². The molecule has 0 aliphatic rings. The van der Waals surface area contributed by atoms with E-state index in [4.69, 9.17) is 24.2 Å². The average molecular weight is 488 g/mol. The molecule has 0 heterocycles. The zero-order valence-corrected chi connectivity index (χ0v) is 20.0. The van der Waals surface area contributed by atoms with Gasteiger partial charge in [0.15, 0.2) is 18.1 Å². The van der Waals surface area contributed by atoms with Gasteiger partial charge in [0.25, 0.3) is 11.8 Å². The highest BCUT2D eigenvalue weighted by Crippen LogP contribution is 2.38. The number of benzene rings is 3. The zero-order valence-electron chi connectivity index (χ0n) is 20.0. The topological polar surface area (TPSA) is 119 Å². The van der Waals surface area contributed by atoms with Crippen molar-refractivity contribution < 1.29 is 28.5 Å². The SMILES string of the molecule is COc1cc(/C=C/C(=O)NNC(=O)COc2ccc(-c3ccc(C#N)cc3)cc2)cc(OC)c1OC. The summed E-state index contributed by atoms with van der Waals surface area (Å²) in [5.41, 5.74) is 7.72.